The number of benzene rings is 1. The van der Waals surface area contributed by atoms with Gasteiger partial charge in [0.1, 0.15) is 5.75 Å². The average molecular weight is 301 g/mol. The van der Waals surface area contributed by atoms with Gasteiger partial charge in [-0.15, -0.1) is 22.7 Å². The van der Waals surface area contributed by atoms with Gasteiger partial charge in [0.2, 0.25) is 0 Å². The van der Waals surface area contributed by atoms with Crippen molar-refractivity contribution in [2.75, 3.05) is 5.32 Å². The summed E-state index contributed by atoms with van der Waals surface area (Å²) in [7, 11) is 0. The van der Waals surface area contributed by atoms with E-state index in [4.69, 9.17) is 0 Å². The van der Waals surface area contributed by atoms with Crippen LogP contribution < -0.4 is 5.32 Å². The van der Waals surface area contributed by atoms with Gasteiger partial charge in [-0.3, -0.25) is 0 Å². The van der Waals surface area contributed by atoms with Crippen molar-refractivity contribution in [1.29, 1.82) is 0 Å². The molecule has 102 valence electrons. The molecular weight excluding hydrogens is 286 g/mol. The molecule has 20 heavy (non-hydrogen) atoms. The second-order valence-electron chi connectivity index (χ2n) is 4.61. The Bertz CT molecular complexity index is 640. The minimum absolute atomic E-state index is 0.165. The molecule has 3 aromatic rings. The van der Waals surface area contributed by atoms with Crippen LogP contribution in [0.5, 0.6) is 5.75 Å². The smallest absolute Gasteiger partial charge is 0.115 e. The fourth-order valence-corrected chi connectivity index (χ4v) is 3.82. The van der Waals surface area contributed by atoms with Gasteiger partial charge in [-0.1, -0.05) is 12.1 Å². The summed E-state index contributed by atoms with van der Waals surface area (Å²) in [5, 5.41) is 17.3. The van der Waals surface area contributed by atoms with E-state index in [2.05, 4.69) is 40.3 Å². The molecule has 2 N–H and O–H groups in total. The van der Waals surface area contributed by atoms with Crippen molar-refractivity contribution in [1.82, 2.24) is 0 Å². The molecule has 0 unspecified atom stereocenters. The van der Waals surface area contributed by atoms with Crippen LogP contribution in [0.25, 0.3) is 0 Å². The topological polar surface area (TPSA) is 32.3 Å². The molecule has 0 atom stereocenters. The van der Waals surface area contributed by atoms with Gasteiger partial charge in [-0.25, -0.2) is 0 Å². The van der Waals surface area contributed by atoms with Crippen LogP contribution in [0.1, 0.15) is 21.4 Å². The summed E-state index contributed by atoms with van der Waals surface area (Å²) >= 11 is 3.50. The van der Waals surface area contributed by atoms with Gasteiger partial charge in [0, 0.05) is 15.4 Å². The molecule has 2 heterocycles. The molecule has 0 fully saturated rings. The minimum Gasteiger partial charge on any atom is -0.508 e. The standard InChI is InChI=1S/C16H15NOS2/c1-11-10-12(18)6-7-13(11)17-16(14-4-2-8-19-14)15-5-3-9-20-15/h2-10,16-18H,1H3. The lowest BCUT2D eigenvalue weighted by Crippen LogP contribution is -2.10. The lowest BCUT2D eigenvalue weighted by Gasteiger charge is -2.19. The van der Waals surface area contributed by atoms with Gasteiger partial charge in [0.05, 0.1) is 6.04 Å². The number of phenolic OH excluding ortho intramolecular Hbond substituents is 1. The number of rotatable bonds is 4. The maximum atomic E-state index is 9.52. The van der Waals surface area contributed by atoms with Crippen molar-refractivity contribution in [3.63, 3.8) is 0 Å². The number of anilines is 1. The largest absolute Gasteiger partial charge is 0.508 e. The Morgan fingerprint density at radius 1 is 1.00 bits per heavy atom. The third-order valence-electron chi connectivity index (χ3n) is 3.17. The lowest BCUT2D eigenvalue weighted by atomic mass is 10.1. The Hall–Kier alpha value is -1.78. The van der Waals surface area contributed by atoms with Gasteiger partial charge in [0.15, 0.2) is 0 Å². The van der Waals surface area contributed by atoms with Gasteiger partial charge < -0.3 is 10.4 Å². The number of hydrogen-bond donors (Lipinski definition) is 2. The van der Waals surface area contributed by atoms with E-state index in [1.165, 1.54) is 9.75 Å². The highest BCUT2D eigenvalue weighted by Gasteiger charge is 2.16. The molecule has 0 amide bonds. The molecular formula is C16H15NOS2. The van der Waals surface area contributed by atoms with Crippen molar-refractivity contribution in [2.24, 2.45) is 0 Å². The normalized spacial score (nSPS) is 10.9. The first-order chi connectivity index (χ1) is 9.74. The van der Waals surface area contributed by atoms with E-state index < -0.39 is 0 Å². The summed E-state index contributed by atoms with van der Waals surface area (Å²) in [5.74, 6) is 0.303. The number of aryl methyl sites for hydroxylation is 1. The van der Waals surface area contributed by atoms with Gasteiger partial charge in [-0.2, -0.15) is 0 Å². The zero-order valence-electron chi connectivity index (χ0n) is 11.0. The third kappa shape index (κ3) is 2.71. The Morgan fingerprint density at radius 2 is 1.65 bits per heavy atom. The molecule has 2 nitrogen and oxygen atoms in total. The molecule has 4 heteroatoms. The van der Waals surface area contributed by atoms with Crippen LogP contribution in [0.3, 0.4) is 0 Å². The van der Waals surface area contributed by atoms with E-state index >= 15 is 0 Å². The first-order valence-corrected chi connectivity index (χ1v) is 8.13. The number of phenols is 1. The fourth-order valence-electron chi connectivity index (χ4n) is 2.16. The SMILES string of the molecule is Cc1cc(O)ccc1NC(c1cccs1)c1cccs1. The highest BCUT2D eigenvalue weighted by molar-refractivity contribution is 7.11. The molecule has 0 aliphatic carbocycles. The van der Waals surface area contributed by atoms with Crippen LogP contribution in [0, 0.1) is 6.92 Å². The molecule has 0 saturated heterocycles. The second-order valence-corrected chi connectivity index (χ2v) is 6.57. The van der Waals surface area contributed by atoms with E-state index in [0.29, 0.717) is 5.75 Å². The molecule has 3 rings (SSSR count). The first kappa shape index (κ1) is 13.2. The Kier molecular flexibility index (Phi) is 3.76. The Labute approximate surface area is 126 Å². The van der Waals surface area contributed by atoms with Crippen LogP contribution in [0.15, 0.2) is 53.2 Å². The van der Waals surface area contributed by atoms with E-state index in [9.17, 15) is 5.11 Å². The maximum Gasteiger partial charge on any atom is 0.115 e. The predicted molar refractivity (Wildman–Crippen MR) is 86.9 cm³/mol. The summed E-state index contributed by atoms with van der Waals surface area (Å²) < 4.78 is 0. The summed E-state index contributed by atoms with van der Waals surface area (Å²) in [6.45, 7) is 2.00. The fraction of sp³-hybridized carbons (Fsp3) is 0.125. The zero-order chi connectivity index (χ0) is 13.9. The summed E-state index contributed by atoms with van der Waals surface area (Å²) in [4.78, 5) is 2.58. The Balaban J connectivity index is 1.95. The highest BCUT2D eigenvalue weighted by atomic mass is 32.1. The van der Waals surface area contributed by atoms with E-state index in [-0.39, 0.29) is 6.04 Å². The van der Waals surface area contributed by atoms with Crippen LogP contribution in [0.2, 0.25) is 0 Å². The molecule has 0 radical (unpaired) electrons. The molecule has 2 aromatic heterocycles. The van der Waals surface area contributed by atoms with Crippen molar-refractivity contribution in [3.8, 4) is 5.75 Å². The number of thiophene rings is 2. The molecule has 1 aromatic carbocycles. The predicted octanol–water partition coefficient (Wildman–Crippen LogP) is 5.03. The van der Waals surface area contributed by atoms with Gasteiger partial charge >= 0.3 is 0 Å². The second kappa shape index (κ2) is 5.69. The number of aromatic hydroxyl groups is 1. The summed E-state index contributed by atoms with van der Waals surface area (Å²) in [6.07, 6.45) is 0. The number of nitrogens with one attached hydrogen (secondary N) is 1. The average Bonchev–Trinajstić information content (AvgIpc) is 3.11. The van der Waals surface area contributed by atoms with Crippen molar-refractivity contribution in [3.05, 3.63) is 68.5 Å². The number of hydrogen-bond acceptors (Lipinski definition) is 4. The minimum atomic E-state index is 0.165. The molecule has 0 bridgehead atoms. The van der Waals surface area contributed by atoms with Crippen molar-refractivity contribution < 1.29 is 5.11 Å². The van der Waals surface area contributed by atoms with E-state index in [0.717, 1.165) is 11.3 Å². The van der Waals surface area contributed by atoms with Crippen molar-refractivity contribution in [2.45, 2.75) is 13.0 Å². The Morgan fingerprint density at radius 3 is 2.15 bits per heavy atom. The quantitative estimate of drug-likeness (QED) is 0.663. The van der Waals surface area contributed by atoms with Gasteiger partial charge in [-0.05, 0) is 53.6 Å². The van der Waals surface area contributed by atoms with Crippen molar-refractivity contribution >= 4 is 28.4 Å². The maximum absolute atomic E-state index is 9.52. The first-order valence-electron chi connectivity index (χ1n) is 6.37. The molecule has 0 aliphatic rings. The zero-order valence-corrected chi connectivity index (χ0v) is 12.7. The third-order valence-corrected chi connectivity index (χ3v) is 5.04. The molecule has 0 spiro atoms. The highest BCUT2D eigenvalue weighted by Crippen LogP contribution is 2.33. The van der Waals surface area contributed by atoms with Crippen LogP contribution in [-0.2, 0) is 0 Å². The summed E-state index contributed by atoms with van der Waals surface area (Å²) in [5.41, 5.74) is 2.10. The van der Waals surface area contributed by atoms with Crippen LogP contribution in [0.4, 0.5) is 5.69 Å². The van der Waals surface area contributed by atoms with E-state index in [1.54, 1.807) is 34.8 Å². The van der Waals surface area contributed by atoms with Crippen LogP contribution >= 0.6 is 22.7 Å². The molecule has 0 aliphatic heterocycles. The van der Waals surface area contributed by atoms with Gasteiger partial charge in [0.25, 0.3) is 0 Å². The van der Waals surface area contributed by atoms with E-state index in [1.807, 2.05) is 13.0 Å². The van der Waals surface area contributed by atoms with Crippen LogP contribution in [-0.4, -0.2) is 5.11 Å². The summed E-state index contributed by atoms with van der Waals surface area (Å²) in [6, 6.07) is 14.0. The lowest BCUT2D eigenvalue weighted by molar-refractivity contribution is 0.475. The monoisotopic (exact) mass is 301 g/mol. The molecule has 0 saturated carbocycles.